The molecule has 1 atom stereocenters. The van der Waals surface area contributed by atoms with E-state index in [1.807, 2.05) is 33.9 Å². The zero-order valence-electron chi connectivity index (χ0n) is 19.3. The molecular formula is C18H37NO8SSi. The van der Waals surface area contributed by atoms with Crippen LogP contribution in [-0.4, -0.2) is 65.0 Å². The van der Waals surface area contributed by atoms with Gasteiger partial charge in [0, 0.05) is 6.42 Å². The van der Waals surface area contributed by atoms with Crippen LogP contribution in [0.4, 0.5) is 4.79 Å². The first-order chi connectivity index (χ1) is 12.8. The van der Waals surface area contributed by atoms with Crippen molar-refractivity contribution in [2.75, 3.05) is 19.5 Å². The van der Waals surface area contributed by atoms with Gasteiger partial charge in [0.1, 0.15) is 5.60 Å². The van der Waals surface area contributed by atoms with Gasteiger partial charge in [-0.25, -0.2) is 9.59 Å². The first-order valence-corrected chi connectivity index (χ1v) is 14.3. The highest BCUT2D eigenvalue weighted by molar-refractivity contribution is 7.85. The summed E-state index contributed by atoms with van der Waals surface area (Å²) in [6.45, 7) is 16.3. The second-order valence-corrected chi connectivity index (χ2v) is 15.6. The predicted octanol–water partition coefficient (Wildman–Crippen LogP) is 3.46. The molecule has 0 unspecified atom stereocenters. The van der Waals surface area contributed by atoms with Crippen LogP contribution in [0.1, 0.15) is 54.9 Å². The number of rotatable bonds is 9. The third-order valence-corrected chi connectivity index (χ3v) is 9.10. The van der Waals surface area contributed by atoms with Crippen LogP contribution in [0, 0.1) is 0 Å². The molecule has 0 heterocycles. The third-order valence-electron chi connectivity index (χ3n) is 4.24. The number of carbonyl (C=O) groups is 2. The number of hydrogen-bond acceptors (Lipinski definition) is 8. The van der Waals surface area contributed by atoms with Gasteiger partial charge in [0.2, 0.25) is 8.32 Å². The van der Waals surface area contributed by atoms with Gasteiger partial charge in [-0.05, 0) is 45.8 Å². The lowest BCUT2D eigenvalue weighted by atomic mass is 10.2. The second-order valence-electron chi connectivity index (χ2n) is 9.24. The fourth-order valence-corrected chi connectivity index (χ4v) is 3.16. The molecular weight excluding hydrogens is 418 g/mol. The molecule has 0 bridgehead atoms. The first kappa shape index (κ1) is 27.8. The minimum absolute atomic E-state index is 0.0878. The topological polar surface area (TPSA) is 108 Å². The Bertz CT molecular complexity index is 664. The number of ether oxygens (including phenoxy) is 2. The summed E-state index contributed by atoms with van der Waals surface area (Å²) in [6, 6.07) is -1.22. The number of esters is 1. The van der Waals surface area contributed by atoms with Crippen molar-refractivity contribution >= 4 is 30.5 Å². The van der Waals surface area contributed by atoms with E-state index < -0.39 is 42.1 Å². The van der Waals surface area contributed by atoms with Gasteiger partial charge in [-0.3, -0.25) is 4.18 Å². The smallest absolute Gasteiger partial charge is 0.434 e. The summed E-state index contributed by atoms with van der Waals surface area (Å²) in [5, 5.41) is 0.627. The molecule has 9 nitrogen and oxygen atoms in total. The Hall–Kier alpha value is -1.17. The van der Waals surface area contributed by atoms with Crippen LogP contribution < -0.4 is 0 Å². The minimum atomic E-state index is -3.71. The molecule has 0 aliphatic carbocycles. The molecule has 172 valence electrons. The van der Waals surface area contributed by atoms with Crippen molar-refractivity contribution in [2.24, 2.45) is 0 Å². The Labute approximate surface area is 176 Å². The van der Waals surface area contributed by atoms with Crippen molar-refractivity contribution in [2.45, 2.75) is 84.7 Å². The molecule has 11 heteroatoms. The molecule has 0 radical (unpaired) electrons. The van der Waals surface area contributed by atoms with E-state index in [1.54, 1.807) is 27.7 Å². The number of nitrogens with zero attached hydrogens (tertiary/aromatic N) is 1. The quantitative estimate of drug-likeness (QED) is 0.225. The fraction of sp³-hybridized carbons (Fsp3) is 0.889. The largest absolute Gasteiger partial charge is 0.464 e. The Balaban J connectivity index is 5.96. The lowest BCUT2D eigenvalue weighted by Crippen LogP contribution is -2.55. The van der Waals surface area contributed by atoms with E-state index >= 15 is 0 Å². The maximum Gasteiger partial charge on any atom is 0.434 e. The molecule has 0 aliphatic rings. The Kier molecular flexibility index (Phi) is 9.81. The summed E-state index contributed by atoms with van der Waals surface area (Å²) in [7, 11) is -6.27. The summed E-state index contributed by atoms with van der Waals surface area (Å²) in [6.07, 6.45) is -0.0797. The number of hydroxylamine groups is 2. The molecule has 0 aromatic heterocycles. The van der Waals surface area contributed by atoms with Gasteiger partial charge in [0.05, 0.1) is 19.5 Å². The third kappa shape index (κ3) is 10.4. The van der Waals surface area contributed by atoms with Crippen molar-refractivity contribution < 1.29 is 36.2 Å². The van der Waals surface area contributed by atoms with Crippen LogP contribution in [0.3, 0.4) is 0 Å². The zero-order valence-corrected chi connectivity index (χ0v) is 21.1. The molecule has 1 amide bonds. The normalized spacial score (nSPS) is 14.3. The van der Waals surface area contributed by atoms with Crippen molar-refractivity contribution in [1.82, 2.24) is 5.06 Å². The van der Waals surface area contributed by atoms with Gasteiger partial charge in [-0.1, -0.05) is 20.8 Å². The molecule has 0 fully saturated rings. The molecule has 0 rings (SSSR count). The van der Waals surface area contributed by atoms with Crippen LogP contribution in [0.2, 0.25) is 18.1 Å². The number of hydrogen-bond donors (Lipinski definition) is 0. The van der Waals surface area contributed by atoms with E-state index in [0.717, 1.165) is 11.3 Å². The summed E-state index contributed by atoms with van der Waals surface area (Å²) in [5.74, 6) is -0.728. The van der Waals surface area contributed by atoms with Gasteiger partial charge in [-0.2, -0.15) is 13.5 Å². The van der Waals surface area contributed by atoms with Crippen LogP contribution >= 0.6 is 0 Å². The Morgan fingerprint density at radius 3 is 1.97 bits per heavy atom. The van der Waals surface area contributed by atoms with Crippen LogP contribution in [0.5, 0.6) is 0 Å². The monoisotopic (exact) mass is 455 g/mol. The average Bonchev–Trinajstić information content (AvgIpc) is 2.45. The molecule has 0 aromatic rings. The number of amides is 1. The van der Waals surface area contributed by atoms with Crippen molar-refractivity contribution in [3.05, 3.63) is 0 Å². The molecule has 0 N–H and O–H groups in total. The highest BCUT2D eigenvalue weighted by atomic mass is 32.2. The number of carbonyl (C=O) groups excluding carboxylic acids is 2. The summed E-state index contributed by atoms with van der Waals surface area (Å²) >= 11 is 0. The van der Waals surface area contributed by atoms with Crippen molar-refractivity contribution in [3.8, 4) is 0 Å². The molecule has 0 aliphatic heterocycles. The van der Waals surface area contributed by atoms with Crippen molar-refractivity contribution in [3.63, 3.8) is 0 Å². The van der Waals surface area contributed by atoms with Crippen molar-refractivity contribution in [1.29, 1.82) is 0 Å². The Morgan fingerprint density at radius 2 is 1.59 bits per heavy atom. The van der Waals surface area contributed by atoms with Gasteiger partial charge < -0.3 is 14.0 Å². The second kappa shape index (κ2) is 10.2. The maximum atomic E-state index is 12.9. The Morgan fingerprint density at radius 1 is 1.07 bits per heavy atom. The maximum absolute atomic E-state index is 12.9. The lowest BCUT2D eigenvalue weighted by molar-refractivity contribution is -0.167. The summed E-state index contributed by atoms with van der Waals surface area (Å²) in [4.78, 5) is 25.5. The predicted molar refractivity (Wildman–Crippen MR) is 112 cm³/mol. The van der Waals surface area contributed by atoms with Gasteiger partial charge in [0.15, 0.2) is 6.04 Å². The highest BCUT2D eigenvalue weighted by Crippen LogP contribution is 2.38. The van der Waals surface area contributed by atoms with Crippen LogP contribution in [0.15, 0.2) is 0 Å². The van der Waals surface area contributed by atoms with E-state index in [2.05, 4.69) is 0 Å². The molecule has 0 aromatic carbocycles. The standard InChI is InChI=1S/C18H37NO8SSi/c1-11-24-15(20)14(12-13-25-28(8,22)23)19(16(21)26-17(2,3)4)27-29(9,10)18(5,6)7/h14H,11-13H2,1-10H3/t14-/m0/s1. The molecule has 29 heavy (non-hydrogen) atoms. The molecule has 0 spiro atoms. The van der Waals surface area contributed by atoms with Crippen LogP contribution in [-0.2, 0) is 33.1 Å². The summed E-state index contributed by atoms with van der Waals surface area (Å²) < 4.78 is 44.0. The molecule has 0 saturated heterocycles. The van der Waals surface area contributed by atoms with E-state index in [0.29, 0.717) is 0 Å². The van der Waals surface area contributed by atoms with E-state index in [1.165, 1.54) is 0 Å². The first-order valence-electron chi connectivity index (χ1n) is 9.53. The van der Waals surface area contributed by atoms with Gasteiger partial charge in [-0.15, -0.1) is 0 Å². The van der Waals surface area contributed by atoms with Crippen LogP contribution in [0.25, 0.3) is 0 Å². The SMILES string of the molecule is CCOC(=O)[C@H](CCOS(C)(=O)=O)N(O[Si](C)(C)C(C)(C)C)C(=O)OC(C)(C)C. The van der Waals surface area contributed by atoms with E-state index in [4.69, 9.17) is 18.2 Å². The lowest BCUT2D eigenvalue weighted by Gasteiger charge is -2.41. The minimum Gasteiger partial charge on any atom is -0.464 e. The van der Waals surface area contributed by atoms with E-state index in [-0.39, 0.29) is 24.7 Å². The summed E-state index contributed by atoms with van der Waals surface area (Å²) in [5.41, 5.74) is -0.825. The highest BCUT2D eigenvalue weighted by Gasteiger charge is 2.45. The van der Waals surface area contributed by atoms with Gasteiger partial charge in [0.25, 0.3) is 10.1 Å². The van der Waals surface area contributed by atoms with Gasteiger partial charge >= 0.3 is 12.1 Å². The average molecular weight is 456 g/mol. The zero-order chi connectivity index (χ0) is 23.3. The van der Waals surface area contributed by atoms with E-state index in [9.17, 15) is 18.0 Å². The fourth-order valence-electron chi connectivity index (χ4n) is 1.80. The molecule has 0 saturated carbocycles.